The topological polar surface area (TPSA) is 80.9 Å². The van der Waals surface area contributed by atoms with Gasteiger partial charge in [0.2, 0.25) is 5.95 Å². The van der Waals surface area contributed by atoms with Crippen LogP contribution in [0.1, 0.15) is 60.4 Å². The average Bonchev–Trinajstić information content (AvgIpc) is 3.23. The van der Waals surface area contributed by atoms with Crippen molar-refractivity contribution in [3.63, 3.8) is 0 Å². The largest absolute Gasteiger partial charge is 0.351 e. The van der Waals surface area contributed by atoms with Crippen molar-refractivity contribution in [2.24, 2.45) is 7.05 Å². The first kappa shape index (κ1) is 27.1. The Hall–Kier alpha value is -2.10. The van der Waals surface area contributed by atoms with Crippen LogP contribution in [0.15, 0.2) is 34.3 Å². The molecule has 1 aliphatic rings. The summed E-state index contributed by atoms with van der Waals surface area (Å²) >= 11 is 7.83. The number of hydrogen-bond donors (Lipinski definition) is 1. The highest BCUT2D eigenvalue weighted by molar-refractivity contribution is 7.97. The van der Waals surface area contributed by atoms with Gasteiger partial charge in [-0.25, -0.2) is 9.29 Å². The molecule has 8 nitrogen and oxygen atoms in total. The highest BCUT2D eigenvalue weighted by atomic mass is 35.5. The number of aryl methyl sites for hydroxylation is 1. The third-order valence-corrected chi connectivity index (χ3v) is 6.26. The molecule has 0 saturated carbocycles. The maximum absolute atomic E-state index is 12.4. The molecule has 0 radical (unpaired) electrons. The Morgan fingerprint density at radius 2 is 1.82 bits per heavy atom. The van der Waals surface area contributed by atoms with E-state index in [1.807, 2.05) is 65.7 Å². The molecule has 4 heterocycles. The Kier molecular flexibility index (Phi) is 10.7. The lowest BCUT2D eigenvalue weighted by Gasteiger charge is -2.31. The predicted octanol–water partition coefficient (Wildman–Crippen LogP) is 5.40. The van der Waals surface area contributed by atoms with Crippen LogP contribution in [0.25, 0.3) is 11.0 Å². The Labute approximate surface area is 205 Å². The van der Waals surface area contributed by atoms with Crippen LogP contribution in [-0.2, 0) is 7.05 Å². The molecule has 1 N–H and O–H groups in total. The van der Waals surface area contributed by atoms with Crippen molar-refractivity contribution >= 4 is 40.5 Å². The summed E-state index contributed by atoms with van der Waals surface area (Å²) in [6.07, 6.45) is 7.62. The van der Waals surface area contributed by atoms with E-state index in [0.29, 0.717) is 17.6 Å². The Morgan fingerprint density at radius 3 is 2.39 bits per heavy atom. The van der Waals surface area contributed by atoms with Crippen LogP contribution in [0.5, 0.6) is 0 Å². The van der Waals surface area contributed by atoms with Crippen molar-refractivity contribution < 1.29 is 0 Å². The fraction of sp³-hybridized carbons (Fsp3) is 0.565. The van der Waals surface area contributed by atoms with Crippen molar-refractivity contribution in [2.75, 3.05) is 18.4 Å². The number of nitrogens with one attached hydrogen (secondary N) is 1. The summed E-state index contributed by atoms with van der Waals surface area (Å²) in [6.45, 7) is 13.8. The standard InChI is InChI=1S/C19H24ClN7OS.2C2H6/c1-12(2)27-17-13(8-16(20)18(27)28)9-21-19(24-17)23-14-4-6-26(7-5-14)29-15-10-22-25(3)11-15;2*1-2/h8-12,14H,4-7H2,1-3H3,(H,21,23,24);2*1-2H3. The van der Waals surface area contributed by atoms with Crippen LogP contribution < -0.4 is 10.9 Å². The quantitative estimate of drug-likeness (QED) is 0.477. The van der Waals surface area contributed by atoms with Crippen LogP contribution in [-0.4, -0.2) is 47.8 Å². The molecule has 3 aromatic rings. The van der Waals surface area contributed by atoms with E-state index in [9.17, 15) is 4.79 Å². The number of pyridine rings is 1. The van der Waals surface area contributed by atoms with Crippen LogP contribution >= 0.6 is 23.5 Å². The second kappa shape index (κ2) is 13.0. The number of aromatic nitrogens is 5. The van der Waals surface area contributed by atoms with Crippen molar-refractivity contribution in [3.05, 3.63) is 40.0 Å². The van der Waals surface area contributed by atoms with Crippen LogP contribution in [0.3, 0.4) is 0 Å². The average molecular weight is 494 g/mol. The van der Waals surface area contributed by atoms with E-state index in [1.165, 1.54) is 0 Å². The summed E-state index contributed by atoms with van der Waals surface area (Å²) in [5, 5.41) is 8.60. The molecule has 0 atom stereocenters. The van der Waals surface area contributed by atoms with Gasteiger partial charge >= 0.3 is 0 Å². The molecule has 0 bridgehead atoms. The monoisotopic (exact) mass is 493 g/mol. The summed E-state index contributed by atoms with van der Waals surface area (Å²) in [4.78, 5) is 22.7. The molecule has 182 valence electrons. The molecular formula is C23H36ClN7OS. The van der Waals surface area contributed by atoms with Gasteiger partial charge in [-0.05, 0) is 44.7 Å². The second-order valence-corrected chi connectivity index (χ2v) is 9.10. The van der Waals surface area contributed by atoms with E-state index in [1.54, 1.807) is 28.8 Å². The van der Waals surface area contributed by atoms with Gasteiger partial charge in [-0.2, -0.15) is 10.1 Å². The van der Waals surface area contributed by atoms with Gasteiger partial charge in [0.05, 0.1) is 11.1 Å². The zero-order valence-electron chi connectivity index (χ0n) is 20.7. The number of hydrogen-bond acceptors (Lipinski definition) is 7. The van der Waals surface area contributed by atoms with Crippen molar-refractivity contribution in [1.29, 1.82) is 0 Å². The van der Waals surface area contributed by atoms with Crippen LogP contribution in [0.2, 0.25) is 5.02 Å². The fourth-order valence-corrected chi connectivity index (χ4v) is 4.70. The van der Waals surface area contributed by atoms with E-state index in [4.69, 9.17) is 11.6 Å². The van der Waals surface area contributed by atoms with Crippen LogP contribution in [0, 0.1) is 0 Å². The molecule has 10 heteroatoms. The van der Waals surface area contributed by atoms with Gasteiger partial charge in [0, 0.05) is 50.0 Å². The third-order valence-electron chi connectivity index (χ3n) is 4.95. The lowest BCUT2D eigenvalue weighted by atomic mass is 10.1. The number of nitrogens with zero attached hydrogens (tertiary/aromatic N) is 6. The van der Waals surface area contributed by atoms with Gasteiger partial charge in [-0.15, -0.1) is 0 Å². The molecule has 0 aliphatic carbocycles. The molecule has 0 unspecified atom stereocenters. The highest BCUT2D eigenvalue weighted by Crippen LogP contribution is 2.27. The summed E-state index contributed by atoms with van der Waals surface area (Å²) in [5.74, 6) is 0.548. The first-order valence-electron chi connectivity index (χ1n) is 11.7. The Balaban J connectivity index is 0.000000914. The van der Waals surface area contributed by atoms with Gasteiger partial charge in [-0.1, -0.05) is 39.3 Å². The maximum atomic E-state index is 12.4. The van der Waals surface area contributed by atoms with E-state index < -0.39 is 0 Å². The first-order chi connectivity index (χ1) is 15.9. The minimum atomic E-state index is -0.223. The minimum Gasteiger partial charge on any atom is -0.351 e. The second-order valence-electron chi connectivity index (χ2n) is 7.52. The predicted molar refractivity (Wildman–Crippen MR) is 139 cm³/mol. The van der Waals surface area contributed by atoms with Crippen molar-refractivity contribution in [3.8, 4) is 0 Å². The molecular weight excluding hydrogens is 458 g/mol. The minimum absolute atomic E-state index is 0.0424. The smallest absolute Gasteiger partial charge is 0.271 e. The highest BCUT2D eigenvalue weighted by Gasteiger charge is 2.21. The van der Waals surface area contributed by atoms with Crippen molar-refractivity contribution in [1.82, 2.24) is 28.6 Å². The number of halogens is 1. The summed E-state index contributed by atoms with van der Waals surface area (Å²) < 4.78 is 5.80. The molecule has 3 aromatic heterocycles. The van der Waals surface area contributed by atoms with Gasteiger partial charge < -0.3 is 5.32 Å². The normalized spacial score (nSPS) is 14.5. The Bertz CT molecular complexity index is 1070. The number of rotatable bonds is 5. The van der Waals surface area contributed by atoms with Gasteiger partial charge in [0.1, 0.15) is 10.7 Å². The molecule has 1 aliphatic heterocycles. The molecule has 0 amide bonds. The molecule has 0 spiro atoms. The SMILES string of the molecule is CC.CC.CC(C)n1c(=O)c(Cl)cc2cnc(NC3CCN(Sc4cnn(C)c4)CC3)nc21. The van der Waals surface area contributed by atoms with E-state index in [-0.39, 0.29) is 16.6 Å². The third kappa shape index (κ3) is 6.94. The summed E-state index contributed by atoms with van der Waals surface area (Å²) in [7, 11) is 1.93. The molecule has 1 saturated heterocycles. The lowest BCUT2D eigenvalue weighted by Crippen LogP contribution is -2.36. The number of fused-ring (bicyclic) bond motifs is 1. The van der Waals surface area contributed by atoms with E-state index in [0.717, 1.165) is 36.2 Å². The van der Waals surface area contributed by atoms with Crippen molar-refractivity contribution in [2.45, 2.75) is 71.4 Å². The zero-order chi connectivity index (χ0) is 24.5. The molecule has 4 rings (SSSR count). The van der Waals surface area contributed by atoms with Gasteiger partial charge in [-0.3, -0.25) is 14.0 Å². The maximum Gasteiger partial charge on any atom is 0.271 e. The fourth-order valence-electron chi connectivity index (χ4n) is 3.50. The molecule has 33 heavy (non-hydrogen) atoms. The summed E-state index contributed by atoms with van der Waals surface area (Å²) in [6, 6.07) is 1.89. The number of anilines is 1. The van der Waals surface area contributed by atoms with Gasteiger partial charge in [0.25, 0.3) is 5.56 Å². The van der Waals surface area contributed by atoms with E-state index in [2.05, 4.69) is 24.7 Å². The lowest BCUT2D eigenvalue weighted by molar-refractivity contribution is 0.357. The first-order valence-corrected chi connectivity index (χ1v) is 12.8. The Morgan fingerprint density at radius 1 is 1.15 bits per heavy atom. The zero-order valence-corrected chi connectivity index (χ0v) is 22.2. The molecule has 0 aromatic carbocycles. The molecule has 1 fully saturated rings. The number of piperidine rings is 1. The van der Waals surface area contributed by atoms with Crippen LogP contribution in [0.4, 0.5) is 5.95 Å². The van der Waals surface area contributed by atoms with Gasteiger partial charge in [0.15, 0.2) is 0 Å². The van der Waals surface area contributed by atoms with E-state index >= 15 is 0 Å². The summed E-state index contributed by atoms with van der Waals surface area (Å²) in [5.41, 5.74) is 0.385.